The van der Waals surface area contributed by atoms with Crippen molar-refractivity contribution in [2.75, 3.05) is 19.6 Å². The number of aromatic hydroxyl groups is 1. The van der Waals surface area contributed by atoms with E-state index in [0.29, 0.717) is 37.9 Å². The molecular formula is C27H31FN4O5. The molecule has 10 heteroatoms. The third kappa shape index (κ3) is 6.14. The summed E-state index contributed by atoms with van der Waals surface area (Å²) >= 11 is 0. The zero-order chi connectivity index (χ0) is 26.5. The van der Waals surface area contributed by atoms with E-state index in [1.807, 2.05) is 0 Å². The second kappa shape index (κ2) is 11.5. The normalized spacial score (nSPS) is 14.7. The summed E-state index contributed by atoms with van der Waals surface area (Å²) in [5.41, 5.74) is 0.917. The Morgan fingerprint density at radius 1 is 1.16 bits per heavy atom. The quantitative estimate of drug-likeness (QED) is 0.406. The Bertz CT molecular complexity index is 1350. The summed E-state index contributed by atoms with van der Waals surface area (Å²) < 4.78 is 14.7. The average Bonchev–Trinajstić information content (AvgIpc) is 2.87. The van der Waals surface area contributed by atoms with Crippen LogP contribution in [0.25, 0.3) is 11.0 Å². The van der Waals surface area contributed by atoms with Gasteiger partial charge in [0.2, 0.25) is 5.91 Å². The van der Waals surface area contributed by atoms with Gasteiger partial charge >= 0.3 is 0 Å². The van der Waals surface area contributed by atoms with Crippen LogP contribution in [-0.4, -0.2) is 62.2 Å². The van der Waals surface area contributed by atoms with E-state index in [4.69, 9.17) is 0 Å². The van der Waals surface area contributed by atoms with Gasteiger partial charge in [-0.3, -0.25) is 19.4 Å². The molecule has 3 N–H and O–H groups in total. The van der Waals surface area contributed by atoms with E-state index in [2.05, 4.69) is 10.3 Å². The number of rotatable bonds is 9. The standard InChI is InChI=1S/C27H31FN4O5/c1-17(33)15-30-26(36)23-25(35)24-21(14-19(16-29-24)13-18-6-8-20(28)9-7-18)32(27(23)37)12-4-11-31-10-3-2-5-22(31)34/h6-9,14,16-17,33,35H,2-5,10-13,15H2,1H3,(H,30,36). The number of halogens is 1. The SMILES string of the molecule is CC(O)CNC(=O)c1c(O)c2ncc(Cc3ccc(F)cc3)cc2n(CCCN2CCCCC2=O)c1=O. The van der Waals surface area contributed by atoms with Crippen molar-refractivity contribution in [2.45, 2.75) is 51.7 Å². The number of aliphatic hydroxyl groups is 1. The fourth-order valence-corrected chi connectivity index (χ4v) is 4.56. The van der Waals surface area contributed by atoms with E-state index >= 15 is 0 Å². The first-order valence-electron chi connectivity index (χ1n) is 12.5. The summed E-state index contributed by atoms with van der Waals surface area (Å²) in [5, 5.41) is 22.8. The first-order chi connectivity index (χ1) is 17.7. The maximum atomic E-state index is 13.5. The Balaban J connectivity index is 1.70. The number of aromatic nitrogens is 2. The van der Waals surface area contributed by atoms with Gasteiger partial charge in [-0.05, 0) is 61.9 Å². The van der Waals surface area contributed by atoms with Gasteiger partial charge in [-0.1, -0.05) is 12.1 Å². The van der Waals surface area contributed by atoms with Crippen molar-refractivity contribution in [1.29, 1.82) is 0 Å². The minimum atomic E-state index is -0.831. The van der Waals surface area contributed by atoms with Gasteiger partial charge in [0.25, 0.3) is 11.5 Å². The lowest BCUT2D eigenvalue weighted by molar-refractivity contribution is -0.133. The lowest BCUT2D eigenvalue weighted by atomic mass is 10.0. The zero-order valence-corrected chi connectivity index (χ0v) is 20.7. The van der Waals surface area contributed by atoms with Crippen LogP contribution in [0.2, 0.25) is 0 Å². The van der Waals surface area contributed by atoms with Gasteiger partial charge in [0.05, 0.1) is 11.6 Å². The van der Waals surface area contributed by atoms with Crippen molar-refractivity contribution < 1.29 is 24.2 Å². The number of pyridine rings is 2. The summed E-state index contributed by atoms with van der Waals surface area (Å²) in [6.07, 6.45) is 3.96. The van der Waals surface area contributed by atoms with Crippen LogP contribution < -0.4 is 10.9 Å². The highest BCUT2D eigenvalue weighted by Crippen LogP contribution is 2.26. The maximum absolute atomic E-state index is 13.5. The van der Waals surface area contributed by atoms with Crippen molar-refractivity contribution in [3.63, 3.8) is 0 Å². The largest absolute Gasteiger partial charge is 0.505 e. The molecule has 3 aromatic rings. The molecule has 1 saturated heterocycles. The van der Waals surface area contributed by atoms with Crippen molar-refractivity contribution in [3.05, 3.63) is 69.4 Å². The number of carbonyl (C=O) groups excluding carboxylic acids is 2. The van der Waals surface area contributed by atoms with Crippen LogP contribution in [0.3, 0.4) is 0 Å². The highest BCUT2D eigenvalue weighted by Gasteiger charge is 2.24. The van der Waals surface area contributed by atoms with Gasteiger partial charge in [-0.2, -0.15) is 0 Å². The van der Waals surface area contributed by atoms with Gasteiger partial charge in [0, 0.05) is 38.8 Å². The van der Waals surface area contributed by atoms with Gasteiger partial charge in [-0.25, -0.2) is 4.39 Å². The van der Waals surface area contributed by atoms with E-state index in [1.54, 1.807) is 29.3 Å². The molecule has 1 aromatic carbocycles. The summed E-state index contributed by atoms with van der Waals surface area (Å²) in [6.45, 7) is 2.76. The number of hydrogen-bond donors (Lipinski definition) is 3. The Hall–Kier alpha value is -3.79. The van der Waals surface area contributed by atoms with E-state index in [1.165, 1.54) is 23.6 Å². The second-order valence-electron chi connectivity index (χ2n) is 9.45. The van der Waals surface area contributed by atoms with E-state index in [-0.39, 0.29) is 30.3 Å². The first kappa shape index (κ1) is 26.3. The number of fused-ring (bicyclic) bond motifs is 1. The second-order valence-corrected chi connectivity index (χ2v) is 9.45. The average molecular weight is 511 g/mol. The predicted octanol–water partition coefficient (Wildman–Crippen LogP) is 2.35. The van der Waals surface area contributed by atoms with Crippen LogP contribution in [-0.2, 0) is 17.8 Å². The molecule has 0 aliphatic carbocycles. The van der Waals surface area contributed by atoms with Crippen LogP contribution in [0.15, 0.2) is 41.3 Å². The number of piperidine rings is 1. The number of aryl methyl sites for hydroxylation is 1. The molecule has 1 fully saturated rings. The third-order valence-corrected chi connectivity index (χ3v) is 6.47. The fourth-order valence-electron chi connectivity index (χ4n) is 4.56. The molecule has 1 unspecified atom stereocenters. The summed E-state index contributed by atoms with van der Waals surface area (Å²) in [7, 11) is 0. The smallest absolute Gasteiger partial charge is 0.267 e. The number of nitrogens with zero attached hydrogens (tertiary/aromatic N) is 3. The highest BCUT2D eigenvalue weighted by atomic mass is 19.1. The number of aliphatic hydroxyl groups excluding tert-OH is 1. The number of benzene rings is 1. The topological polar surface area (TPSA) is 125 Å². The third-order valence-electron chi connectivity index (χ3n) is 6.47. The van der Waals surface area contributed by atoms with Gasteiger partial charge < -0.3 is 25.0 Å². The molecule has 0 saturated carbocycles. The Morgan fingerprint density at radius 2 is 1.92 bits per heavy atom. The van der Waals surface area contributed by atoms with Crippen LogP contribution in [0.1, 0.15) is 54.1 Å². The highest BCUT2D eigenvalue weighted by molar-refractivity contribution is 6.01. The van der Waals surface area contributed by atoms with Crippen LogP contribution in [0, 0.1) is 5.82 Å². The molecule has 0 bridgehead atoms. The van der Waals surface area contributed by atoms with Crippen molar-refractivity contribution in [1.82, 2.24) is 19.8 Å². The maximum Gasteiger partial charge on any atom is 0.267 e. The Labute approximate surface area is 213 Å². The lowest BCUT2D eigenvalue weighted by Crippen LogP contribution is -2.38. The van der Waals surface area contributed by atoms with Gasteiger partial charge in [0.15, 0.2) is 5.75 Å². The molecule has 2 aromatic heterocycles. The molecule has 37 heavy (non-hydrogen) atoms. The van der Waals surface area contributed by atoms with Crippen LogP contribution in [0.5, 0.6) is 5.75 Å². The van der Waals surface area contributed by atoms with Crippen molar-refractivity contribution in [3.8, 4) is 5.75 Å². The molecule has 4 rings (SSSR count). The number of carbonyl (C=O) groups is 2. The summed E-state index contributed by atoms with van der Waals surface area (Å²) in [5.74, 6) is -1.58. The van der Waals surface area contributed by atoms with Crippen molar-refractivity contribution >= 4 is 22.8 Å². The van der Waals surface area contributed by atoms with Gasteiger partial charge in [0.1, 0.15) is 16.9 Å². The zero-order valence-electron chi connectivity index (χ0n) is 20.7. The lowest BCUT2D eigenvalue weighted by Gasteiger charge is -2.27. The molecule has 0 radical (unpaired) electrons. The number of likely N-dealkylation sites (tertiary alicyclic amines) is 1. The molecule has 0 spiro atoms. The molecule has 2 amide bonds. The monoisotopic (exact) mass is 510 g/mol. The van der Waals surface area contributed by atoms with E-state index in [9.17, 15) is 29.0 Å². The van der Waals surface area contributed by atoms with Crippen molar-refractivity contribution in [2.24, 2.45) is 0 Å². The minimum Gasteiger partial charge on any atom is -0.505 e. The van der Waals surface area contributed by atoms with Crippen LogP contribution >= 0.6 is 0 Å². The summed E-state index contributed by atoms with van der Waals surface area (Å²) in [6, 6.07) is 7.79. The minimum absolute atomic E-state index is 0.0865. The molecule has 1 atom stereocenters. The number of amides is 2. The number of nitrogens with one attached hydrogen (secondary N) is 1. The van der Waals surface area contributed by atoms with Crippen LogP contribution in [0.4, 0.5) is 4.39 Å². The molecule has 1 aliphatic rings. The van der Waals surface area contributed by atoms with E-state index < -0.39 is 28.9 Å². The summed E-state index contributed by atoms with van der Waals surface area (Å²) in [4.78, 5) is 44.6. The molecular weight excluding hydrogens is 479 g/mol. The fraction of sp³-hybridized carbons (Fsp3) is 0.407. The number of hydrogen-bond acceptors (Lipinski definition) is 6. The molecule has 1 aliphatic heterocycles. The molecule has 9 nitrogen and oxygen atoms in total. The molecule has 196 valence electrons. The Kier molecular flexibility index (Phi) is 8.17. The first-order valence-corrected chi connectivity index (χ1v) is 12.5. The van der Waals surface area contributed by atoms with Gasteiger partial charge in [-0.15, -0.1) is 0 Å². The van der Waals surface area contributed by atoms with E-state index in [0.717, 1.165) is 24.0 Å². The Morgan fingerprint density at radius 3 is 2.62 bits per heavy atom. The predicted molar refractivity (Wildman–Crippen MR) is 136 cm³/mol. The molecule has 3 heterocycles.